The van der Waals surface area contributed by atoms with Crippen molar-refractivity contribution in [1.29, 1.82) is 0 Å². The Balaban J connectivity index is 3.75. The average Bonchev–Trinajstić information content (AvgIpc) is 2.25. The maximum atomic E-state index is 12.1. The van der Waals surface area contributed by atoms with Gasteiger partial charge in [0.25, 0.3) is 11.5 Å². The van der Waals surface area contributed by atoms with Crippen LogP contribution in [-0.4, -0.2) is 22.6 Å². The molecule has 0 aliphatic rings. The number of aromatic hydroxyl groups is 1. The highest BCUT2D eigenvalue weighted by molar-refractivity contribution is 6.33. The SMILES string of the molecule is CNC(=O)c1c(O)c(Cl)c(C)n(C(C)C)c1=O. The van der Waals surface area contributed by atoms with Gasteiger partial charge < -0.3 is 15.0 Å². The highest BCUT2D eigenvalue weighted by Crippen LogP contribution is 2.29. The van der Waals surface area contributed by atoms with E-state index in [0.29, 0.717) is 5.69 Å². The number of rotatable bonds is 2. The van der Waals surface area contributed by atoms with Crippen LogP contribution in [0.15, 0.2) is 4.79 Å². The summed E-state index contributed by atoms with van der Waals surface area (Å²) >= 11 is 5.92. The van der Waals surface area contributed by atoms with Gasteiger partial charge >= 0.3 is 0 Å². The fourth-order valence-corrected chi connectivity index (χ4v) is 1.90. The third-order valence-electron chi connectivity index (χ3n) is 2.53. The molecule has 0 aromatic carbocycles. The monoisotopic (exact) mass is 258 g/mol. The minimum absolute atomic E-state index is 0.0249. The van der Waals surface area contributed by atoms with Gasteiger partial charge in [0.05, 0.1) is 0 Å². The van der Waals surface area contributed by atoms with Crippen molar-refractivity contribution in [3.05, 3.63) is 26.6 Å². The summed E-state index contributed by atoms with van der Waals surface area (Å²) < 4.78 is 1.38. The standard InChI is InChI=1S/C11H15ClN2O3/c1-5(2)14-6(3)8(12)9(15)7(11(14)17)10(16)13-4/h5,15H,1-4H3,(H,13,16). The summed E-state index contributed by atoms with van der Waals surface area (Å²) in [6.45, 7) is 5.22. The lowest BCUT2D eigenvalue weighted by molar-refractivity contribution is 0.0958. The molecule has 0 aliphatic carbocycles. The van der Waals surface area contributed by atoms with Crippen LogP contribution in [0.5, 0.6) is 5.75 Å². The number of aromatic nitrogens is 1. The van der Waals surface area contributed by atoms with Gasteiger partial charge in [0.1, 0.15) is 10.6 Å². The molecule has 0 saturated heterocycles. The summed E-state index contributed by atoms with van der Waals surface area (Å²) in [5.41, 5.74) is -0.424. The molecule has 17 heavy (non-hydrogen) atoms. The van der Waals surface area contributed by atoms with Gasteiger partial charge in [-0.2, -0.15) is 0 Å². The number of nitrogens with one attached hydrogen (secondary N) is 1. The molecule has 0 bridgehead atoms. The molecule has 6 heteroatoms. The number of halogens is 1. The first kappa shape index (κ1) is 13.6. The van der Waals surface area contributed by atoms with Crippen molar-refractivity contribution in [2.75, 3.05) is 7.05 Å². The zero-order valence-corrected chi connectivity index (χ0v) is 10.9. The Morgan fingerprint density at radius 3 is 2.41 bits per heavy atom. The van der Waals surface area contributed by atoms with Crippen LogP contribution in [0.1, 0.15) is 35.9 Å². The average molecular weight is 259 g/mol. The molecule has 1 heterocycles. The summed E-state index contributed by atoms with van der Waals surface area (Å²) in [6.07, 6.45) is 0. The predicted molar refractivity (Wildman–Crippen MR) is 65.9 cm³/mol. The Morgan fingerprint density at radius 1 is 1.47 bits per heavy atom. The Morgan fingerprint density at radius 2 is 2.00 bits per heavy atom. The zero-order chi connectivity index (χ0) is 13.3. The van der Waals surface area contributed by atoms with Gasteiger partial charge in [0.2, 0.25) is 0 Å². The van der Waals surface area contributed by atoms with Crippen molar-refractivity contribution in [1.82, 2.24) is 9.88 Å². The number of carbonyl (C=O) groups is 1. The van der Waals surface area contributed by atoms with Gasteiger partial charge in [0, 0.05) is 18.8 Å². The lowest BCUT2D eigenvalue weighted by Gasteiger charge is -2.17. The van der Waals surface area contributed by atoms with E-state index in [1.807, 2.05) is 0 Å². The molecule has 1 aromatic rings. The molecule has 0 radical (unpaired) electrons. The molecule has 5 nitrogen and oxygen atoms in total. The fourth-order valence-electron chi connectivity index (χ4n) is 1.71. The molecular weight excluding hydrogens is 244 g/mol. The first-order valence-corrected chi connectivity index (χ1v) is 5.56. The third kappa shape index (κ3) is 2.15. The molecule has 1 rings (SSSR count). The summed E-state index contributed by atoms with van der Waals surface area (Å²) in [5.74, 6) is -1.12. The van der Waals surface area contributed by atoms with E-state index >= 15 is 0 Å². The number of hydrogen-bond acceptors (Lipinski definition) is 3. The number of carbonyl (C=O) groups excluding carboxylic acids is 1. The summed E-state index contributed by atoms with van der Waals surface area (Å²) in [7, 11) is 1.38. The summed E-state index contributed by atoms with van der Waals surface area (Å²) in [4.78, 5) is 23.6. The van der Waals surface area contributed by atoms with Gasteiger partial charge in [-0.05, 0) is 20.8 Å². The first-order chi connectivity index (χ1) is 7.82. The van der Waals surface area contributed by atoms with E-state index in [9.17, 15) is 14.7 Å². The molecule has 1 amide bonds. The second kappa shape index (κ2) is 4.79. The normalized spacial score (nSPS) is 10.7. The minimum Gasteiger partial charge on any atom is -0.505 e. The quantitative estimate of drug-likeness (QED) is 0.844. The number of pyridine rings is 1. The zero-order valence-electron chi connectivity index (χ0n) is 10.2. The Labute approximate surface area is 104 Å². The van der Waals surface area contributed by atoms with E-state index in [1.54, 1.807) is 20.8 Å². The van der Waals surface area contributed by atoms with Crippen LogP contribution in [0.4, 0.5) is 0 Å². The lowest BCUT2D eigenvalue weighted by Crippen LogP contribution is -2.33. The largest absolute Gasteiger partial charge is 0.505 e. The molecule has 0 saturated carbocycles. The van der Waals surface area contributed by atoms with Gasteiger partial charge in [0.15, 0.2) is 5.75 Å². The Kier molecular flexibility index (Phi) is 3.83. The summed E-state index contributed by atoms with van der Waals surface area (Å²) in [5, 5.41) is 12.1. The maximum absolute atomic E-state index is 12.1. The third-order valence-corrected chi connectivity index (χ3v) is 2.98. The second-order valence-corrected chi connectivity index (χ2v) is 4.35. The van der Waals surface area contributed by atoms with E-state index in [-0.39, 0.29) is 16.6 Å². The van der Waals surface area contributed by atoms with E-state index in [1.165, 1.54) is 11.6 Å². The van der Waals surface area contributed by atoms with Crippen LogP contribution in [0.25, 0.3) is 0 Å². The molecule has 0 fully saturated rings. The van der Waals surface area contributed by atoms with Crippen LogP contribution < -0.4 is 10.9 Å². The van der Waals surface area contributed by atoms with Crippen molar-refractivity contribution < 1.29 is 9.90 Å². The molecule has 2 N–H and O–H groups in total. The van der Waals surface area contributed by atoms with Crippen LogP contribution in [0.3, 0.4) is 0 Å². The summed E-state index contributed by atoms with van der Waals surface area (Å²) in [6, 6.07) is -0.149. The van der Waals surface area contributed by atoms with Crippen LogP contribution in [-0.2, 0) is 0 Å². The molecule has 0 atom stereocenters. The predicted octanol–water partition coefficient (Wildman–Crippen LogP) is 1.46. The molecule has 94 valence electrons. The smallest absolute Gasteiger partial charge is 0.267 e. The van der Waals surface area contributed by atoms with Gasteiger partial charge in [-0.15, -0.1) is 0 Å². The van der Waals surface area contributed by atoms with Crippen molar-refractivity contribution in [2.24, 2.45) is 0 Å². The van der Waals surface area contributed by atoms with Gasteiger partial charge in [-0.25, -0.2) is 0 Å². The second-order valence-electron chi connectivity index (χ2n) is 3.97. The van der Waals surface area contributed by atoms with Crippen LogP contribution >= 0.6 is 11.6 Å². The Hall–Kier alpha value is -1.49. The van der Waals surface area contributed by atoms with E-state index in [4.69, 9.17) is 11.6 Å². The molecule has 0 spiro atoms. The van der Waals surface area contributed by atoms with E-state index in [2.05, 4.69) is 5.32 Å². The van der Waals surface area contributed by atoms with Crippen molar-refractivity contribution in [3.63, 3.8) is 0 Å². The first-order valence-electron chi connectivity index (χ1n) is 5.18. The van der Waals surface area contributed by atoms with E-state index in [0.717, 1.165) is 0 Å². The molecule has 0 unspecified atom stereocenters. The maximum Gasteiger partial charge on any atom is 0.267 e. The number of amides is 1. The van der Waals surface area contributed by atoms with Gasteiger partial charge in [-0.1, -0.05) is 11.6 Å². The number of nitrogens with zero attached hydrogens (tertiary/aromatic N) is 1. The van der Waals surface area contributed by atoms with Crippen LogP contribution in [0.2, 0.25) is 5.02 Å². The van der Waals surface area contributed by atoms with E-state index < -0.39 is 17.2 Å². The number of hydrogen-bond donors (Lipinski definition) is 2. The molecule has 1 aromatic heterocycles. The minimum atomic E-state index is -0.649. The van der Waals surface area contributed by atoms with Crippen molar-refractivity contribution >= 4 is 17.5 Å². The highest BCUT2D eigenvalue weighted by atomic mass is 35.5. The fraction of sp³-hybridized carbons (Fsp3) is 0.455. The van der Waals surface area contributed by atoms with Gasteiger partial charge in [-0.3, -0.25) is 9.59 Å². The van der Waals surface area contributed by atoms with Crippen molar-refractivity contribution in [2.45, 2.75) is 26.8 Å². The van der Waals surface area contributed by atoms with Crippen molar-refractivity contribution in [3.8, 4) is 5.75 Å². The highest BCUT2D eigenvalue weighted by Gasteiger charge is 2.23. The topological polar surface area (TPSA) is 71.3 Å². The molecular formula is C11H15ClN2O3. The lowest BCUT2D eigenvalue weighted by atomic mass is 10.2. The van der Waals surface area contributed by atoms with Crippen LogP contribution in [0, 0.1) is 6.92 Å². The Bertz CT molecular complexity index is 520. The molecule has 0 aliphatic heterocycles.